The van der Waals surface area contributed by atoms with Crippen LogP contribution in [-0.2, 0) is 4.79 Å². The number of fused-ring (bicyclic) bond motifs is 1. The Morgan fingerprint density at radius 2 is 1.71 bits per heavy atom. The van der Waals surface area contributed by atoms with E-state index in [2.05, 4.69) is 42.5 Å². The Morgan fingerprint density at radius 3 is 2.38 bits per heavy atom. The third-order valence-electron chi connectivity index (χ3n) is 3.51. The van der Waals surface area contributed by atoms with Gasteiger partial charge in [-0.05, 0) is 69.5 Å². The predicted molar refractivity (Wildman–Crippen MR) is 92.8 cm³/mol. The van der Waals surface area contributed by atoms with Crippen LogP contribution < -0.4 is 10.6 Å². The summed E-state index contributed by atoms with van der Waals surface area (Å²) >= 11 is 7.11. The SMILES string of the molecule is Cc1cc(Br)c(NC2C(=O)Nc3ccc(C)cc32)c(Br)c1. The monoisotopic (exact) mass is 408 g/mol. The molecule has 1 heterocycles. The lowest BCUT2D eigenvalue weighted by atomic mass is 10.0. The zero-order chi connectivity index (χ0) is 15.1. The molecule has 0 saturated carbocycles. The van der Waals surface area contributed by atoms with Crippen LogP contribution in [0.4, 0.5) is 11.4 Å². The quantitative estimate of drug-likeness (QED) is 0.737. The maximum atomic E-state index is 12.2. The molecule has 3 rings (SSSR count). The van der Waals surface area contributed by atoms with Gasteiger partial charge < -0.3 is 10.6 Å². The first kappa shape index (κ1) is 14.6. The molecular weight excluding hydrogens is 396 g/mol. The Morgan fingerprint density at radius 1 is 1.05 bits per heavy atom. The lowest BCUT2D eigenvalue weighted by molar-refractivity contribution is -0.116. The number of carbonyl (C=O) groups excluding carboxylic acids is 1. The van der Waals surface area contributed by atoms with Crippen LogP contribution in [0.15, 0.2) is 39.3 Å². The lowest BCUT2D eigenvalue weighted by Gasteiger charge is -2.17. The molecule has 1 amide bonds. The van der Waals surface area contributed by atoms with Crippen molar-refractivity contribution in [2.45, 2.75) is 19.9 Å². The number of aryl methyl sites for hydroxylation is 2. The highest BCUT2D eigenvalue weighted by Crippen LogP contribution is 2.39. The Balaban J connectivity index is 2.00. The molecular formula is C16H14Br2N2O. The average molecular weight is 410 g/mol. The molecule has 1 atom stereocenters. The third-order valence-corrected chi connectivity index (χ3v) is 4.76. The van der Waals surface area contributed by atoms with Gasteiger partial charge >= 0.3 is 0 Å². The molecule has 2 N–H and O–H groups in total. The minimum absolute atomic E-state index is 0.0324. The van der Waals surface area contributed by atoms with Gasteiger partial charge in [-0.3, -0.25) is 4.79 Å². The molecule has 0 bridgehead atoms. The van der Waals surface area contributed by atoms with Crippen molar-refractivity contribution in [2.24, 2.45) is 0 Å². The summed E-state index contributed by atoms with van der Waals surface area (Å²) in [6.07, 6.45) is 0. The Labute approximate surface area is 140 Å². The van der Waals surface area contributed by atoms with Gasteiger partial charge in [-0.2, -0.15) is 0 Å². The highest BCUT2D eigenvalue weighted by molar-refractivity contribution is 9.11. The largest absolute Gasteiger partial charge is 0.368 e. The van der Waals surface area contributed by atoms with Gasteiger partial charge in [-0.15, -0.1) is 0 Å². The first-order chi connectivity index (χ1) is 9.95. The number of halogens is 2. The molecule has 0 saturated heterocycles. The van der Waals surface area contributed by atoms with E-state index in [0.717, 1.165) is 37.0 Å². The molecule has 1 aliphatic heterocycles. The highest BCUT2D eigenvalue weighted by atomic mass is 79.9. The molecule has 2 aromatic rings. The van der Waals surface area contributed by atoms with Crippen LogP contribution in [0.1, 0.15) is 22.7 Å². The Hall–Kier alpha value is -1.33. The van der Waals surface area contributed by atoms with E-state index in [1.165, 1.54) is 0 Å². The fourth-order valence-electron chi connectivity index (χ4n) is 2.51. The maximum Gasteiger partial charge on any atom is 0.251 e. The third kappa shape index (κ3) is 2.72. The van der Waals surface area contributed by atoms with Gasteiger partial charge in [-0.25, -0.2) is 0 Å². The van der Waals surface area contributed by atoms with Crippen LogP contribution in [0.3, 0.4) is 0 Å². The van der Waals surface area contributed by atoms with Gasteiger partial charge in [-0.1, -0.05) is 17.7 Å². The summed E-state index contributed by atoms with van der Waals surface area (Å²) in [5.74, 6) is -0.0324. The maximum absolute atomic E-state index is 12.2. The normalized spacial score (nSPS) is 16.6. The van der Waals surface area contributed by atoms with E-state index in [1.807, 2.05) is 44.2 Å². The lowest BCUT2D eigenvalue weighted by Crippen LogP contribution is -2.20. The molecule has 0 spiro atoms. The van der Waals surface area contributed by atoms with Crippen molar-refractivity contribution in [3.63, 3.8) is 0 Å². The second kappa shape index (κ2) is 5.46. The second-order valence-corrected chi connectivity index (χ2v) is 6.97. The van der Waals surface area contributed by atoms with E-state index in [4.69, 9.17) is 0 Å². The van der Waals surface area contributed by atoms with Gasteiger partial charge in [0.2, 0.25) is 0 Å². The van der Waals surface area contributed by atoms with Crippen molar-refractivity contribution in [3.8, 4) is 0 Å². The molecule has 108 valence electrons. The molecule has 0 aromatic heterocycles. The van der Waals surface area contributed by atoms with Crippen molar-refractivity contribution in [1.29, 1.82) is 0 Å². The molecule has 5 heteroatoms. The molecule has 1 unspecified atom stereocenters. The zero-order valence-corrected chi connectivity index (χ0v) is 14.8. The standard InChI is InChI=1S/C16H14Br2N2O/c1-8-3-4-13-10(5-8)14(16(21)19-13)20-15-11(17)6-9(2)7-12(15)18/h3-7,14,20H,1-2H3,(H,19,21). The fourth-order valence-corrected chi connectivity index (χ4v) is 4.15. The van der Waals surface area contributed by atoms with Gasteiger partial charge in [0.1, 0.15) is 6.04 Å². The van der Waals surface area contributed by atoms with Crippen molar-refractivity contribution in [2.75, 3.05) is 10.6 Å². The van der Waals surface area contributed by atoms with Gasteiger partial charge in [0.25, 0.3) is 5.91 Å². The van der Waals surface area contributed by atoms with Gasteiger partial charge in [0.05, 0.1) is 5.69 Å². The Bertz CT molecular complexity index is 720. The van der Waals surface area contributed by atoms with Gasteiger partial charge in [0.15, 0.2) is 0 Å². The van der Waals surface area contributed by atoms with E-state index < -0.39 is 0 Å². The van der Waals surface area contributed by atoms with Crippen LogP contribution in [0.2, 0.25) is 0 Å². The van der Waals surface area contributed by atoms with Crippen molar-refractivity contribution < 1.29 is 4.79 Å². The zero-order valence-electron chi connectivity index (χ0n) is 11.6. The van der Waals surface area contributed by atoms with Crippen LogP contribution in [-0.4, -0.2) is 5.91 Å². The van der Waals surface area contributed by atoms with Crippen molar-refractivity contribution >= 4 is 49.1 Å². The minimum Gasteiger partial charge on any atom is -0.368 e. The minimum atomic E-state index is -0.379. The molecule has 3 nitrogen and oxygen atoms in total. The number of nitrogens with one attached hydrogen (secondary N) is 2. The highest BCUT2D eigenvalue weighted by Gasteiger charge is 2.31. The van der Waals surface area contributed by atoms with Crippen LogP contribution >= 0.6 is 31.9 Å². The van der Waals surface area contributed by atoms with E-state index >= 15 is 0 Å². The first-order valence-corrected chi connectivity index (χ1v) is 8.18. The summed E-state index contributed by atoms with van der Waals surface area (Å²) in [5.41, 5.74) is 5.03. The number of amides is 1. The topological polar surface area (TPSA) is 41.1 Å². The van der Waals surface area contributed by atoms with Crippen molar-refractivity contribution in [1.82, 2.24) is 0 Å². The first-order valence-electron chi connectivity index (χ1n) is 6.59. The van der Waals surface area contributed by atoms with Gasteiger partial charge in [0, 0.05) is 20.2 Å². The molecule has 0 radical (unpaired) electrons. The van der Waals surface area contributed by atoms with Crippen molar-refractivity contribution in [3.05, 3.63) is 56.0 Å². The number of benzene rings is 2. The van der Waals surface area contributed by atoms with Crippen LogP contribution in [0, 0.1) is 13.8 Å². The van der Waals surface area contributed by atoms with E-state index in [-0.39, 0.29) is 11.9 Å². The summed E-state index contributed by atoms with van der Waals surface area (Å²) in [5, 5.41) is 6.25. The number of anilines is 2. The van der Waals surface area contributed by atoms with E-state index in [1.54, 1.807) is 0 Å². The average Bonchev–Trinajstić information content (AvgIpc) is 2.69. The fraction of sp³-hybridized carbons (Fsp3) is 0.188. The summed E-state index contributed by atoms with van der Waals surface area (Å²) in [4.78, 5) is 12.2. The van der Waals surface area contributed by atoms with Crippen LogP contribution in [0.5, 0.6) is 0 Å². The van der Waals surface area contributed by atoms with E-state index in [9.17, 15) is 4.79 Å². The summed E-state index contributed by atoms with van der Waals surface area (Å²) in [7, 11) is 0. The smallest absolute Gasteiger partial charge is 0.251 e. The number of hydrogen-bond acceptors (Lipinski definition) is 2. The number of rotatable bonds is 2. The Kier molecular flexibility index (Phi) is 3.80. The van der Waals surface area contributed by atoms with E-state index in [0.29, 0.717) is 0 Å². The molecule has 0 fully saturated rings. The summed E-state index contributed by atoms with van der Waals surface area (Å²) in [6.45, 7) is 4.05. The summed E-state index contributed by atoms with van der Waals surface area (Å²) in [6, 6.07) is 9.66. The van der Waals surface area contributed by atoms with Crippen LogP contribution in [0.25, 0.3) is 0 Å². The molecule has 21 heavy (non-hydrogen) atoms. The predicted octanol–water partition coefficient (Wildman–Crippen LogP) is 4.93. The molecule has 2 aromatic carbocycles. The second-order valence-electron chi connectivity index (χ2n) is 5.26. The number of carbonyl (C=O) groups is 1. The summed E-state index contributed by atoms with van der Waals surface area (Å²) < 4.78 is 1.87. The molecule has 1 aliphatic rings. The molecule has 0 aliphatic carbocycles. The number of hydrogen-bond donors (Lipinski definition) is 2.